The molecule has 0 aliphatic carbocycles. The Bertz CT molecular complexity index is 3280. The SMILES string of the molecule is C[C@H](NC(=O)[C@@H](CS)NC(=O)CN1C(=O)NC(CCCN=C(N)N)C1=O)C(=O)N[C@H](Cc1cnc[nH]1)C(=O)N[C@@H](Cc1ccc2ccccc2c1)C(=O)N[C@H](CCCN=C(N)N)C(=O)N[C@@H](Cc1c[nH]c2ccccc12)C(=O)N[C@H](CS)C(N)=O. The van der Waals surface area contributed by atoms with Crippen LogP contribution >= 0.6 is 25.3 Å². The van der Waals surface area contributed by atoms with Gasteiger partial charge in [0, 0.05) is 72.8 Å². The fourth-order valence-corrected chi connectivity index (χ4v) is 9.64. The summed E-state index contributed by atoms with van der Waals surface area (Å²) in [7, 11) is 0. The fraction of sp³-hybridized carbons (Fsp3) is 0.389. The van der Waals surface area contributed by atoms with Crippen LogP contribution in [0.3, 0.4) is 0 Å². The van der Waals surface area contributed by atoms with Crippen LogP contribution in [0.15, 0.2) is 95.4 Å². The second kappa shape index (κ2) is 31.3. The summed E-state index contributed by atoms with van der Waals surface area (Å²) < 4.78 is 0. The zero-order valence-electron chi connectivity index (χ0n) is 46.3. The molecule has 454 valence electrons. The van der Waals surface area contributed by atoms with Crippen LogP contribution < -0.4 is 71.2 Å². The van der Waals surface area contributed by atoms with Gasteiger partial charge in [0.1, 0.15) is 54.9 Å². The van der Waals surface area contributed by atoms with Crippen molar-refractivity contribution in [2.45, 2.75) is 100 Å². The minimum atomic E-state index is -1.46. The molecule has 1 unspecified atom stereocenters. The largest absolute Gasteiger partial charge is 0.370 e. The number of nitrogens with zero attached hydrogens (tertiary/aromatic N) is 4. The number of carbonyl (C=O) groups excluding carboxylic acids is 10. The van der Waals surface area contributed by atoms with E-state index in [1.807, 2.05) is 54.6 Å². The predicted octanol–water partition coefficient (Wildman–Crippen LogP) is -3.14. The predicted molar refractivity (Wildman–Crippen MR) is 322 cm³/mol. The summed E-state index contributed by atoms with van der Waals surface area (Å²) in [5, 5.41) is 23.3. The molecule has 0 spiro atoms. The van der Waals surface area contributed by atoms with E-state index >= 15 is 0 Å². The number of guanidine groups is 2. The summed E-state index contributed by atoms with van der Waals surface area (Å²) >= 11 is 8.36. The van der Waals surface area contributed by atoms with E-state index in [0.29, 0.717) is 28.1 Å². The topological polar surface area (TPSA) is 469 Å². The van der Waals surface area contributed by atoms with Crippen molar-refractivity contribution >= 4 is 118 Å². The first kappa shape index (κ1) is 64.8. The van der Waals surface area contributed by atoms with Crippen LogP contribution in [0.5, 0.6) is 0 Å². The lowest BCUT2D eigenvalue weighted by molar-refractivity contribution is -0.135. The first-order valence-electron chi connectivity index (χ1n) is 27.0. The van der Waals surface area contributed by atoms with E-state index in [-0.39, 0.29) is 75.0 Å². The van der Waals surface area contributed by atoms with Crippen molar-refractivity contribution in [3.63, 3.8) is 0 Å². The molecule has 1 aliphatic heterocycles. The van der Waals surface area contributed by atoms with Crippen molar-refractivity contribution in [3.05, 3.63) is 102 Å². The lowest BCUT2D eigenvalue weighted by Gasteiger charge is -2.27. The van der Waals surface area contributed by atoms with Crippen LogP contribution in [-0.2, 0) is 62.4 Å². The molecule has 29 nitrogen and oxygen atoms in total. The maximum absolute atomic E-state index is 14.9. The second-order valence-electron chi connectivity index (χ2n) is 20.0. The van der Waals surface area contributed by atoms with Gasteiger partial charge >= 0.3 is 6.03 Å². The summed E-state index contributed by atoms with van der Waals surface area (Å²) in [5.41, 5.74) is 29.8. The average Bonchev–Trinajstić information content (AvgIpc) is 4.15. The molecular weight excluding hydrogens is 1140 g/mol. The number of rotatable bonds is 32. The number of urea groups is 1. The second-order valence-corrected chi connectivity index (χ2v) is 20.7. The van der Waals surface area contributed by atoms with Crippen LogP contribution in [-0.4, -0.2) is 170 Å². The summed E-state index contributed by atoms with van der Waals surface area (Å²) in [5.74, 6) is -8.29. The van der Waals surface area contributed by atoms with Gasteiger partial charge in [-0.05, 0) is 60.6 Å². The summed E-state index contributed by atoms with van der Waals surface area (Å²) in [4.78, 5) is 155. The number of aromatic nitrogens is 3. The molecule has 5 aromatic rings. The Balaban J connectivity index is 1.21. The minimum Gasteiger partial charge on any atom is -0.370 e. The number of aliphatic imine (C=N–C) groups is 2. The number of amides is 11. The molecule has 2 aromatic heterocycles. The Morgan fingerprint density at radius 1 is 0.635 bits per heavy atom. The molecule has 85 heavy (non-hydrogen) atoms. The smallest absolute Gasteiger partial charge is 0.325 e. The Hall–Kier alpha value is -9.39. The third-order valence-corrected chi connectivity index (χ3v) is 14.3. The summed E-state index contributed by atoms with van der Waals surface area (Å²) in [6.45, 7) is 0.822. The normalized spacial score (nSPS) is 15.4. The average molecular weight is 1210 g/mol. The van der Waals surface area contributed by atoms with Gasteiger partial charge in [-0.15, -0.1) is 0 Å². The van der Waals surface area contributed by atoms with Crippen molar-refractivity contribution in [3.8, 4) is 0 Å². The van der Waals surface area contributed by atoms with Crippen molar-refractivity contribution in [2.24, 2.45) is 38.7 Å². The van der Waals surface area contributed by atoms with E-state index in [4.69, 9.17) is 28.7 Å². The molecular formula is C54H71N19O10S2. The Morgan fingerprint density at radius 3 is 1.86 bits per heavy atom. The Morgan fingerprint density at radius 2 is 1.21 bits per heavy atom. The lowest BCUT2D eigenvalue weighted by Crippen LogP contribution is -2.60. The van der Waals surface area contributed by atoms with Gasteiger partial charge in [-0.25, -0.2) is 9.78 Å². The molecule has 3 aromatic carbocycles. The number of thiol groups is 2. The highest BCUT2D eigenvalue weighted by atomic mass is 32.1. The van der Waals surface area contributed by atoms with Gasteiger partial charge in [-0.1, -0.05) is 60.7 Å². The van der Waals surface area contributed by atoms with E-state index in [0.717, 1.165) is 21.7 Å². The minimum absolute atomic E-state index is 0.0327. The number of carbonyl (C=O) groups is 10. The number of hydrogen-bond donors (Lipinski definition) is 17. The fourth-order valence-electron chi connectivity index (χ4n) is 9.11. The maximum Gasteiger partial charge on any atom is 0.325 e. The number of nitrogens with one attached hydrogen (secondary N) is 10. The molecule has 3 heterocycles. The van der Waals surface area contributed by atoms with Crippen LogP contribution in [0.25, 0.3) is 21.7 Å². The molecule has 1 fully saturated rings. The Labute approximate surface area is 498 Å². The molecule has 1 aliphatic rings. The zero-order chi connectivity index (χ0) is 61.7. The van der Waals surface area contributed by atoms with Gasteiger partial charge in [0.2, 0.25) is 47.3 Å². The van der Waals surface area contributed by atoms with Crippen LogP contribution in [0.2, 0.25) is 0 Å². The highest BCUT2D eigenvalue weighted by Crippen LogP contribution is 2.21. The number of imidazole rings is 1. The number of nitrogens with two attached hydrogens (primary N) is 5. The van der Waals surface area contributed by atoms with Crippen molar-refractivity contribution < 1.29 is 47.9 Å². The monoisotopic (exact) mass is 1210 g/mol. The first-order chi connectivity index (χ1) is 40.6. The number of imide groups is 1. The van der Waals surface area contributed by atoms with Crippen molar-refractivity contribution in [1.82, 2.24) is 62.4 Å². The lowest BCUT2D eigenvalue weighted by atomic mass is 9.99. The number of fused-ring (bicyclic) bond motifs is 2. The highest BCUT2D eigenvalue weighted by molar-refractivity contribution is 7.80. The zero-order valence-corrected chi connectivity index (χ0v) is 48.1. The van der Waals surface area contributed by atoms with E-state index in [9.17, 15) is 47.9 Å². The molecule has 0 radical (unpaired) electrons. The number of aromatic amines is 2. The van der Waals surface area contributed by atoms with Gasteiger partial charge in [0.15, 0.2) is 11.9 Å². The van der Waals surface area contributed by atoms with Crippen LogP contribution in [0, 0.1) is 0 Å². The van der Waals surface area contributed by atoms with Crippen LogP contribution in [0.4, 0.5) is 4.79 Å². The van der Waals surface area contributed by atoms with Crippen molar-refractivity contribution in [2.75, 3.05) is 31.1 Å². The molecule has 11 amide bonds. The number of para-hydroxylation sites is 1. The standard InChI is InChI=1S/C54H71N19O10S2/c1-28(65-50(81)42(26-85)66-43(74)24-73-51(82)37(72-54(73)83)13-7-17-62-53(58)59)45(76)68-40(21-33-23-60-27-64-33)49(80)69-38(19-29-14-15-30-8-2-3-9-31(30)18-29)47(78)67-36(12-6-16-61-52(56)57)46(77)70-39(48(79)71-41(25-84)44(55)75)20-32-22-63-35-11-5-4-10-34(32)35/h2-5,8-11,14-15,18,22-23,27-28,36-42,63,84-85H,6-7,12-13,16-17,19-21,24-26H2,1H3,(H2,55,75)(H,60,64)(H,65,81)(H,66,74)(H,67,78)(H,68,76)(H,69,80)(H,70,77)(H,71,79)(H,72,83)(H4,56,57,61)(H4,58,59,62)/t28-,36+,37?,38-,39-,40+,41+,42+/m0/s1. The Kier molecular flexibility index (Phi) is 23.9. The number of primary amides is 1. The van der Waals surface area contributed by atoms with E-state index in [1.165, 1.54) is 19.4 Å². The van der Waals surface area contributed by atoms with Gasteiger partial charge < -0.3 is 81.2 Å². The third-order valence-electron chi connectivity index (χ3n) is 13.6. The van der Waals surface area contributed by atoms with Gasteiger partial charge in [-0.2, -0.15) is 25.3 Å². The summed E-state index contributed by atoms with van der Waals surface area (Å²) in [6, 6.07) is 8.80. The molecule has 8 atom stereocenters. The summed E-state index contributed by atoms with van der Waals surface area (Å²) in [6.07, 6.45) is 4.59. The molecule has 20 N–H and O–H groups in total. The van der Waals surface area contributed by atoms with Crippen molar-refractivity contribution in [1.29, 1.82) is 0 Å². The van der Waals surface area contributed by atoms with Gasteiger partial charge in [-0.3, -0.25) is 58.0 Å². The third kappa shape index (κ3) is 19.1. The molecule has 31 heteroatoms. The molecule has 0 bridgehead atoms. The molecule has 6 rings (SSSR count). The first-order valence-corrected chi connectivity index (χ1v) is 28.3. The maximum atomic E-state index is 14.9. The quantitative estimate of drug-likeness (QED) is 0.00665. The van der Waals surface area contributed by atoms with E-state index in [1.54, 1.807) is 18.3 Å². The van der Waals surface area contributed by atoms with E-state index in [2.05, 4.69) is 92.7 Å². The number of H-pyrrole nitrogens is 2. The molecule has 0 saturated carbocycles. The molecule has 1 saturated heterocycles. The van der Waals surface area contributed by atoms with Gasteiger partial charge in [0.25, 0.3) is 5.91 Å². The van der Waals surface area contributed by atoms with Crippen LogP contribution in [0.1, 0.15) is 49.4 Å². The number of hydrogen-bond acceptors (Lipinski definition) is 15. The van der Waals surface area contributed by atoms with E-state index < -0.39 is 114 Å². The number of benzene rings is 3. The highest BCUT2D eigenvalue weighted by Gasteiger charge is 2.39. The van der Waals surface area contributed by atoms with Gasteiger partial charge in [0.05, 0.1) is 6.33 Å².